The highest BCUT2D eigenvalue weighted by Gasteiger charge is 2.33. The van der Waals surface area contributed by atoms with Gasteiger partial charge in [-0.3, -0.25) is 4.79 Å². The third-order valence-corrected chi connectivity index (χ3v) is 2.98. The molecule has 0 aliphatic carbocycles. The van der Waals surface area contributed by atoms with Crippen LogP contribution in [0.3, 0.4) is 0 Å². The van der Waals surface area contributed by atoms with Crippen LogP contribution in [0.4, 0.5) is 26.3 Å². The van der Waals surface area contributed by atoms with Crippen LogP contribution in [-0.4, -0.2) is 19.0 Å². The zero-order valence-electron chi connectivity index (χ0n) is 12.3. The van der Waals surface area contributed by atoms with E-state index < -0.39 is 35.0 Å². The first kappa shape index (κ1) is 19.7. The standard InChI is InChI=1S/C15H7ClF6O4/c16-10-6-9(2-4-11(10)25-14(17,18)19)24-12-3-1-8(7-23)5-13(12)26-15(20,21)22/h1-7H. The van der Waals surface area contributed by atoms with Gasteiger partial charge in [-0.25, -0.2) is 0 Å². The summed E-state index contributed by atoms with van der Waals surface area (Å²) < 4.78 is 86.5. The lowest BCUT2D eigenvalue weighted by atomic mass is 10.2. The van der Waals surface area contributed by atoms with E-state index in [4.69, 9.17) is 16.3 Å². The molecule has 0 aliphatic rings. The fourth-order valence-corrected chi connectivity index (χ4v) is 1.98. The molecular weight excluding hydrogens is 394 g/mol. The van der Waals surface area contributed by atoms with Crippen LogP contribution in [-0.2, 0) is 0 Å². The Labute approximate surface area is 146 Å². The number of hydrogen-bond donors (Lipinski definition) is 0. The third-order valence-electron chi connectivity index (χ3n) is 2.69. The van der Waals surface area contributed by atoms with Gasteiger partial charge in [-0.05, 0) is 30.3 Å². The number of alkyl halides is 6. The van der Waals surface area contributed by atoms with Gasteiger partial charge < -0.3 is 14.2 Å². The highest BCUT2D eigenvalue weighted by atomic mass is 35.5. The van der Waals surface area contributed by atoms with Gasteiger partial charge >= 0.3 is 12.7 Å². The lowest BCUT2D eigenvalue weighted by Crippen LogP contribution is -2.17. The first-order valence-corrected chi connectivity index (χ1v) is 6.93. The molecule has 0 bridgehead atoms. The van der Waals surface area contributed by atoms with Crippen LogP contribution < -0.4 is 14.2 Å². The van der Waals surface area contributed by atoms with E-state index >= 15 is 0 Å². The zero-order valence-corrected chi connectivity index (χ0v) is 13.1. The maximum Gasteiger partial charge on any atom is 0.573 e. The van der Waals surface area contributed by atoms with Crippen LogP contribution in [0.2, 0.25) is 5.02 Å². The molecule has 0 radical (unpaired) electrons. The average molecular weight is 401 g/mol. The van der Waals surface area contributed by atoms with Crippen LogP contribution in [0, 0.1) is 0 Å². The molecule has 2 aromatic rings. The zero-order chi connectivity index (χ0) is 19.5. The predicted molar refractivity (Wildman–Crippen MR) is 76.7 cm³/mol. The molecule has 2 rings (SSSR count). The third kappa shape index (κ3) is 5.73. The van der Waals surface area contributed by atoms with E-state index in [1.54, 1.807) is 0 Å². The van der Waals surface area contributed by atoms with Crippen LogP contribution in [0.15, 0.2) is 36.4 Å². The van der Waals surface area contributed by atoms with Crippen molar-refractivity contribution in [2.45, 2.75) is 12.7 Å². The Morgan fingerprint density at radius 3 is 1.92 bits per heavy atom. The van der Waals surface area contributed by atoms with Crippen molar-refractivity contribution >= 4 is 17.9 Å². The molecule has 0 N–H and O–H groups in total. The molecule has 4 nitrogen and oxygen atoms in total. The molecule has 0 atom stereocenters. The van der Waals surface area contributed by atoms with Gasteiger partial charge in [-0.2, -0.15) is 0 Å². The topological polar surface area (TPSA) is 44.8 Å². The van der Waals surface area contributed by atoms with Crippen LogP contribution in [0.25, 0.3) is 0 Å². The molecule has 0 fully saturated rings. The molecule has 0 saturated heterocycles. The number of benzene rings is 2. The Kier molecular flexibility index (Phi) is 5.55. The van der Waals surface area contributed by atoms with E-state index in [2.05, 4.69) is 9.47 Å². The van der Waals surface area contributed by atoms with Crippen LogP contribution in [0.5, 0.6) is 23.0 Å². The predicted octanol–water partition coefficient (Wildman–Crippen LogP) is 5.74. The summed E-state index contributed by atoms with van der Waals surface area (Å²) in [7, 11) is 0. The molecular formula is C15H7ClF6O4. The van der Waals surface area contributed by atoms with Gasteiger partial charge in [0.05, 0.1) is 5.02 Å². The lowest BCUT2D eigenvalue weighted by molar-refractivity contribution is -0.275. The van der Waals surface area contributed by atoms with Crippen molar-refractivity contribution in [2.75, 3.05) is 0 Å². The Hall–Kier alpha value is -2.62. The monoisotopic (exact) mass is 400 g/mol. The Morgan fingerprint density at radius 1 is 0.808 bits per heavy atom. The Bertz CT molecular complexity index is 804. The first-order valence-electron chi connectivity index (χ1n) is 6.55. The van der Waals surface area contributed by atoms with Crippen molar-refractivity contribution in [3.8, 4) is 23.0 Å². The van der Waals surface area contributed by atoms with Crippen molar-refractivity contribution in [1.29, 1.82) is 0 Å². The van der Waals surface area contributed by atoms with Crippen molar-refractivity contribution in [3.05, 3.63) is 47.0 Å². The maximum absolute atomic E-state index is 12.5. The van der Waals surface area contributed by atoms with Gasteiger partial charge in [0, 0.05) is 11.6 Å². The molecule has 0 aromatic heterocycles. The first-order chi connectivity index (χ1) is 12.0. The molecule has 11 heteroatoms. The molecule has 0 spiro atoms. The molecule has 0 saturated carbocycles. The Balaban J connectivity index is 2.30. The van der Waals surface area contributed by atoms with E-state index in [1.807, 2.05) is 0 Å². The minimum atomic E-state index is -5.05. The van der Waals surface area contributed by atoms with Gasteiger partial charge in [0.2, 0.25) is 0 Å². The summed E-state index contributed by atoms with van der Waals surface area (Å²) in [5, 5.41) is -0.484. The van der Waals surface area contributed by atoms with Crippen LogP contribution in [0.1, 0.15) is 10.4 Å². The lowest BCUT2D eigenvalue weighted by Gasteiger charge is -2.15. The molecule has 0 amide bonds. The second-order valence-corrected chi connectivity index (χ2v) is 5.02. The number of carbonyl (C=O) groups is 1. The summed E-state index contributed by atoms with van der Waals surface area (Å²) >= 11 is 5.63. The number of halogens is 7. The van der Waals surface area contributed by atoms with E-state index in [0.717, 1.165) is 36.4 Å². The summed E-state index contributed by atoms with van der Waals surface area (Å²) in [6.45, 7) is 0. The van der Waals surface area contributed by atoms with Crippen molar-refractivity contribution in [2.24, 2.45) is 0 Å². The van der Waals surface area contributed by atoms with Crippen molar-refractivity contribution in [1.82, 2.24) is 0 Å². The SMILES string of the molecule is O=Cc1ccc(Oc2ccc(OC(F)(F)F)c(Cl)c2)c(OC(F)(F)F)c1. The van der Waals surface area contributed by atoms with E-state index in [-0.39, 0.29) is 11.3 Å². The number of carbonyl (C=O) groups excluding carboxylic acids is 1. The largest absolute Gasteiger partial charge is 0.573 e. The van der Waals surface area contributed by atoms with E-state index in [0.29, 0.717) is 6.29 Å². The number of aldehydes is 1. The second kappa shape index (κ2) is 7.32. The highest BCUT2D eigenvalue weighted by Crippen LogP contribution is 2.38. The molecule has 140 valence electrons. The second-order valence-electron chi connectivity index (χ2n) is 4.61. The number of rotatable bonds is 5. The molecule has 2 aromatic carbocycles. The van der Waals surface area contributed by atoms with Gasteiger partial charge in [-0.1, -0.05) is 11.6 Å². The smallest absolute Gasteiger partial charge is 0.453 e. The van der Waals surface area contributed by atoms with Crippen molar-refractivity contribution in [3.63, 3.8) is 0 Å². The quantitative estimate of drug-likeness (QED) is 0.474. The summed E-state index contributed by atoms with van der Waals surface area (Å²) in [5.74, 6) is -2.15. The van der Waals surface area contributed by atoms with Crippen molar-refractivity contribution < 1.29 is 45.3 Å². The fraction of sp³-hybridized carbons (Fsp3) is 0.133. The summed E-state index contributed by atoms with van der Waals surface area (Å²) in [4.78, 5) is 10.7. The normalized spacial score (nSPS) is 11.8. The highest BCUT2D eigenvalue weighted by molar-refractivity contribution is 6.32. The summed E-state index contributed by atoms with van der Waals surface area (Å²) in [6.07, 6.45) is -9.72. The molecule has 0 heterocycles. The van der Waals surface area contributed by atoms with Gasteiger partial charge in [0.15, 0.2) is 11.5 Å². The molecule has 0 unspecified atom stereocenters. The molecule has 0 aliphatic heterocycles. The summed E-state index contributed by atoms with van der Waals surface area (Å²) in [6, 6.07) is 5.71. The maximum atomic E-state index is 12.5. The van der Waals surface area contributed by atoms with Gasteiger partial charge in [0.1, 0.15) is 17.8 Å². The van der Waals surface area contributed by atoms with E-state index in [9.17, 15) is 31.1 Å². The number of ether oxygens (including phenoxy) is 3. The molecule has 26 heavy (non-hydrogen) atoms. The number of hydrogen-bond acceptors (Lipinski definition) is 4. The summed E-state index contributed by atoms with van der Waals surface area (Å²) in [5.41, 5.74) is -0.108. The minimum absolute atomic E-state index is 0.108. The average Bonchev–Trinajstić information content (AvgIpc) is 2.49. The Morgan fingerprint density at radius 2 is 1.38 bits per heavy atom. The van der Waals surface area contributed by atoms with Gasteiger partial charge in [0.25, 0.3) is 0 Å². The van der Waals surface area contributed by atoms with E-state index in [1.165, 1.54) is 0 Å². The minimum Gasteiger partial charge on any atom is -0.453 e. The van der Waals surface area contributed by atoms with Gasteiger partial charge in [-0.15, -0.1) is 26.3 Å². The van der Waals surface area contributed by atoms with Crippen LogP contribution >= 0.6 is 11.6 Å². The fourth-order valence-electron chi connectivity index (χ4n) is 1.77.